The van der Waals surface area contributed by atoms with Crippen molar-refractivity contribution in [3.63, 3.8) is 0 Å². The number of pyridine rings is 4. The van der Waals surface area contributed by atoms with Crippen LogP contribution in [0.2, 0.25) is 0 Å². The Bertz CT molecular complexity index is 2930. The minimum Gasteiger partial charge on any atom is -0.493 e. The summed E-state index contributed by atoms with van der Waals surface area (Å²) in [6, 6.07) is 23.1. The van der Waals surface area contributed by atoms with Gasteiger partial charge in [0.05, 0.1) is 100 Å². The van der Waals surface area contributed by atoms with E-state index in [0.717, 1.165) is 121 Å². The van der Waals surface area contributed by atoms with E-state index >= 15 is 0 Å². The number of fused-ring (bicyclic) bond motifs is 2. The third-order valence-corrected chi connectivity index (χ3v) is 14.2. The number of nitrogens with zero attached hydrogens (tertiary/aromatic N) is 6. The Morgan fingerprint density at radius 1 is 0.506 bits per heavy atom. The fraction of sp³-hybridized carbons (Fsp3) is 0.414. The molecule has 6 aromatic heterocycles. The molecule has 0 aliphatic carbocycles. The van der Waals surface area contributed by atoms with Crippen LogP contribution in [-0.2, 0) is 53.7 Å². The van der Waals surface area contributed by atoms with Crippen molar-refractivity contribution in [3.05, 3.63) is 143 Å². The molecule has 0 aliphatic heterocycles. The number of hydrogen-bond acceptors (Lipinski definition) is 17. The standard InChI is InChI=1S/C18H21N3O3S.C18H21N3O2S.C11H16ClNO2.C11H17NO3/c1-13-16(19-9-8-17(13)24-11-5-10-23-2)12-25(22)18-20-14-6-3-4-7-15(14)21-18;1-13-16(19-9-8-17(13)23-11-5-10-22-2)12-24-18-20-14-6-3-4-7-15(14)21-18;1-9-10(8-12)13-5-4-11(9)15-7-3-6-14-2;1-9-10(8-13)12-5-4-11(9)15-7-3-6-14-2/h3-4,6-9H,5,10-12H2,1-2H3,(H,20,21);3-4,6-9H,5,10-12H2,1-2H3,(H,20,21);4-5H,3,6-8H2,1-2H3;4-5,13H,3,6-8H2,1-2H3. The molecule has 1 unspecified atom stereocenters. The number of ether oxygens (including phenoxy) is 8. The molecular formula is C58H75ClN8O10S2. The number of thioether (sulfide) groups is 1. The summed E-state index contributed by atoms with van der Waals surface area (Å²) in [4.78, 5) is 32.5. The highest BCUT2D eigenvalue weighted by Crippen LogP contribution is 2.28. The molecule has 18 nitrogen and oxygen atoms in total. The number of aromatic amines is 2. The lowest BCUT2D eigenvalue weighted by atomic mass is 10.2. The summed E-state index contributed by atoms with van der Waals surface area (Å²) in [5.74, 6) is 4.76. The maximum Gasteiger partial charge on any atom is 0.197 e. The van der Waals surface area contributed by atoms with E-state index in [1.54, 1.807) is 71.1 Å². The summed E-state index contributed by atoms with van der Waals surface area (Å²) in [7, 11) is 5.42. The predicted molar refractivity (Wildman–Crippen MR) is 311 cm³/mol. The highest BCUT2D eigenvalue weighted by Gasteiger charge is 2.16. The Morgan fingerprint density at radius 3 is 1.34 bits per heavy atom. The molecule has 0 amide bonds. The number of imidazole rings is 2. The van der Waals surface area contributed by atoms with Crippen LogP contribution in [-0.4, -0.2) is 130 Å². The second-order valence-corrected chi connectivity index (χ2v) is 20.1. The first kappa shape index (κ1) is 63.6. The second-order valence-electron chi connectivity index (χ2n) is 17.5. The van der Waals surface area contributed by atoms with Gasteiger partial charge in [0.15, 0.2) is 10.3 Å². The molecule has 8 rings (SSSR count). The van der Waals surface area contributed by atoms with Crippen molar-refractivity contribution in [3.8, 4) is 23.0 Å². The highest BCUT2D eigenvalue weighted by atomic mass is 35.5. The molecule has 8 aromatic rings. The normalized spacial score (nSPS) is 11.2. The molecule has 0 spiro atoms. The Morgan fingerprint density at radius 2 is 0.899 bits per heavy atom. The molecule has 1 atom stereocenters. The lowest BCUT2D eigenvalue weighted by molar-refractivity contribution is 0.171. The number of rotatable bonds is 28. The maximum absolute atomic E-state index is 12.7. The van der Waals surface area contributed by atoms with Crippen molar-refractivity contribution in [2.45, 2.75) is 87.7 Å². The fourth-order valence-electron chi connectivity index (χ4n) is 7.35. The number of methoxy groups -OCH3 is 4. The van der Waals surface area contributed by atoms with E-state index in [0.29, 0.717) is 75.3 Å². The van der Waals surface area contributed by atoms with Crippen LogP contribution in [0.1, 0.15) is 70.7 Å². The minimum absolute atomic E-state index is 0.0545. The van der Waals surface area contributed by atoms with E-state index in [9.17, 15) is 4.21 Å². The van der Waals surface area contributed by atoms with Gasteiger partial charge in [0.2, 0.25) is 0 Å². The lowest BCUT2D eigenvalue weighted by Gasteiger charge is -2.11. The van der Waals surface area contributed by atoms with Crippen LogP contribution < -0.4 is 18.9 Å². The zero-order chi connectivity index (χ0) is 56.6. The SMILES string of the molecule is COCCCOc1ccnc(CCl)c1C.COCCCOc1ccnc(CO)c1C.COCCCOc1ccnc(CS(=O)c2nc3ccccc3[nH]2)c1C.COCCCOc1ccnc(CSc2nc3ccccc3[nH]2)c1C. The average Bonchev–Trinajstić information content (AvgIpc) is 4.13. The molecule has 3 N–H and O–H groups in total. The van der Waals surface area contributed by atoms with Crippen LogP contribution in [0, 0.1) is 27.7 Å². The molecule has 21 heteroatoms. The summed E-state index contributed by atoms with van der Waals surface area (Å²) >= 11 is 7.40. The van der Waals surface area contributed by atoms with Gasteiger partial charge in [-0.15, -0.1) is 11.6 Å². The smallest absolute Gasteiger partial charge is 0.197 e. The van der Waals surface area contributed by atoms with Gasteiger partial charge in [0, 0.05) is 133 Å². The van der Waals surface area contributed by atoms with Crippen molar-refractivity contribution in [1.29, 1.82) is 0 Å². The fourth-order valence-corrected chi connectivity index (χ4v) is 9.63. The summed E-state index contributed by atoms with van der Waals surface area (Å²) in [5.41, 5.74) is 11.0. The molecule has 0 bridgehead atoms. The molecule has 0 saturated carbocycles. The Kier molecular flexibility index (Phi) is 29.1. The zero-order valence-corrected chi connectivity index (χ0v) is 48.9. The molecule has 2 aromatic carbocycles. The molecular weight excluding hydrogens is 1070 g/mol. The second kappa shape index (κ2) is 36.1. The average molecular weight is 1140 g/mol. The molecule has 79 heavy (non-hydrogen) atoms. The van der Waals surface area contributed by atoms with E-state index in [-0.39, 0.29) is 6.61 Å². The first-order valence-electron chi connectivity index (χ1n) is 25.9. The number of aliphatic hydroxyl groups is 1. The molecule has 0 aliphatic rings. The molecule has 426 valence electrons. The largest absolute Gasteiger partial charge is 0.493 e. The predicted octanol–water partition coefficient (Wildman–Crippen LogP) is 10.8. The topological polar surface area (TPSA) is 220 Å². The van der Waals surface area contributed by atoms with Gasteiger partial charge in [-0.25, -0.2) is 9.97 Å². The number of nitrogens with one attached hydrogen (secondary N) is 2. The number of hydrogen-bond donors (Lipinski definition) is 3. The van der Waals surface area contributed by atoms with E-state index < -0.39 is 10.8 Å². The van der Waals surface area contributed by atoms with Crippen molar-refractivity contribution in [2.75, 3.05) is 81.3 Å². The van der Waals surface area contributed by atoms with Crippen LogP contribution in [0.5, 0.6) is 23.0 Å². The van der Waals surface area contributed by atoms with Crippen molar-refractivity contribution < 1.29 is 47.2 Å². The van der Waals surface area contributed by atoms with Crippen molar-refractivity contribution >= 4 is 56.2 Å². The lowest BCUT2D eigenvalue weighted by Crippen LogP contribution is -2.06. The first-order valence-corrected chi connectivity index (χ1v) is 28.7. The maximum atomic E-state index is 12.7. The number of halogens is 1. The van der Waals surface area contributed by atoms with E-state index in [4.69, 9.17) is 54.6 Å². The zero-order valence-electron chi connectivity index (χ0n) is 46.6. The Balaban J connectivity index is 0.000000199. The van der Waals surface area contributed by atoms with Crippen molar-refractivity contribution in [1.82, 2.24) is 39.9 Å². The molecule has 0 saturated heterocycles. The number of aliphatic hydroxyl groups excluding tert-OH is 1. The summed E-state index contributed by atoms with van der Waals surface area (Å²) < 4.78 is 55.3. The highest BCUT2D eigenvalue weighted by molar-refractivity contribution is 7.98. The number of benzene rings is 2. The van der Waals surface area contributed by atoms with Crippen LogP contribution >= 0.6 is 23.4 Å². The summed E-state index contributed by atoms with van der Waals surface area (Å²) in [5, 5.41) is 10.4. The first-order chi connectivity index (χ1) is 38.5. The Labute approximate surface area is 475 Å². The van der Waals surface area contributed by atoms with E-state index in [1.165, 1.54) is 0 Å². The van der Waals surface area contributed by atoms with Gasteiger partial charge in [-0.05, 0) is 76.2 Å². The van der Waals surface area contributed by atoms with Crippen LogP contribution in [0.25, 0.3) is 22.1 Å². The van der Waals surface area contributed by atoms with Crippen LogP contribution in [0.4, 0.5) is 0 Å². The molecule has 0 fully saturated rings. The van der Waals surface area contributed by atoms with Crippen molar-refractivity contribution in [2.24, 2.45) is 0 Å². The number of alkyl halides is 1. The van der Waals surface area contributed by atoms with Gasteiger partial charge in [-0.1, -0.05) is 36.0 Å². The molecule has 0 radical (unpaired) electrons. The van der Waals surface area contributed by atoms with Gasteiger partial charge >= 0.3 is 0 Å². The third-order valence-electron chi connectivity index (χ3n) is 11.9. The number of aromatic nitrogens is 8. The monoisotopic (exact) mass is 1140 g/mol. The number of H-pyrrole nitrogens is 2. The quantitative estimate of drug-likeness (QED) is 0.0236. The van der Waals surface area contributed by atoms with E-state index in [2.05, 4.69) is 39.9 Å². The van der Waals surface area contributed by atoms with E-state index in [1.807, 2.05) is 94.4 Å². The minimum atomic E-state index is -1.30. The Hall–Kier alpha value is -6.23. The van der Waals surface area contributed by atoms with Gasteiger partial charge in [0.1, 0.15) is 23.0 Å². The number of para-hydroxylation sites is 4. The van der Waals surface area contributed by atoms with Gasteiger partial charge in [0.25, 0.3) is 0 Å². The third kappa shape index (κ3) is 21.1. The summed E-state index contributed by atoms with van der Waals surface area (Å²) in [6.07, 6.45) is 10.3. The van der Waals surface area contributed by atoms with Crippen LogP contribution in [0.15, 0.2) is 108 Å². The van der Waals surface area contributed by atoms with Gasteiger partial charge in [-0.2, -0.15) is 0 Å². The van der Waals surface area contributed by atoms with Crippen LogP contribution in [0.3, 0.4) is 0 Å². The summed E-state index contributed by atoms with van der Waals surface area (Å²) in [6.45, 7) is 13.1. The molecule has 6 heterocycles. The van der Waals surface area contributed by atoms with Gasteiger partial charge in [-0.3, -0.25) is 24.1 Å². The van der Waals surface area contributed by atoms with Gasteiger partial charge < -0.3 is 53.0 Å².